The van der Waals surface area contributed by atoms with E-state index in [1.807, 2.05) is 6.07 Å². The third-order valence-corrected chi connectivity index (χ3v) is 6.16. The summed E-state index contributed by atoms with van der Waals surface area (Å²) in [5.74, 6) is 1.32. The van der Waals surface area contributed by atoms with Gasteiger partial charge in [-0.3, -0.25) is 0 Å². The van der Waals surface area contributed by atoms with Crippen molar-refractivity contribution < 1.29 is 23.9 Å². The molecule has 0 saturated carbocycles. The number of likely N-dealkylation sites (tertiary alicyclic amines) is 1. The molecule has 6 heteroatoms. The lowest BCUT2D eigenvalue weighted by Gasteiger charge is -2.30. The number of phenolic OH excluding ortho intramolecular Hbond substituents is 1. The van der Waals surface area contributed by atoms with Gasteiger partial charge in [-0.15, -0.1) is 0 Å². The number of hydrogen-bond acceptors (Lipinski definition) is 5. The fourth-order valence-corrected chi connectivity index (χ4v) is 4.35. The Balaban J connectivity index is 1.78. The van der Waals surface area contributed by atoms with Crippen molar-refractivity contribution >= 4 is 11.0 Å². The van der Waals surface area contributed by atoms with Crippen molar-refractivity contribution in [3.63, 3.8) is 0 Å². The van der Waals surface area contributed by atoms with Gasteiger partial charge in [0.1, 0.15) is 12.3 Å². The summed E-state index contributed by atoms with van der Waals surface area (Å²) < 4.78 is 16.4. The molecule has 2 N–H and O–H groups in total. The van der Waals surface area contributed by atoms with Gasteiger partial charge in [-0.05, 0) is 62.1 Å². The summed E-state index contributed by atoms with van der Waals surface area (Å²) in [4.78, 5) is 14.3. The quantitative estimate of drug-likeness (QED) is 0.632. The van der Waals surface area contributed by atoms with E-state index >= 15 is 0 Å². The molecule has 2 atom stereocenters. The Kier molecular flexibility index (Phi) is 5.68. The maximum Gasteiger partial charge on any atom is 0.344 e. The van der Waals surface area contributed by atoms with Gasteiger partial charge < -0.3 is 23.9 Å². The Morgan fingerprint density at radius 1 is 1.10 bits per heavy atom. The van der Waals surface area contributed by atoms with E-state index in [0.29, 0.717) is 46.4 Å². The molecular formula is C24H28NO5+. The zero-order chi connectivity index (χ0) is 21.3. The number of aromatic hydroxyl groups is 1. The topological polar surface area (TPSA) is 73.3 Å². The number of piperidine rings is 1. The molecule has 2 heterocycles. The number of benzene rings is 2. The van der Waals surface area contributed by atoms with Crippen molar-refractivity contribution in [3.8, 4) is 28.4 Å². The van der Waals surface area contributed by atoms with Crippen LogP contribution in [0, 0.1) is 0 Å². The third-order valence-electron chi connectivity index (χ3n) is 6.16. The van der Waals surface area contributed by atoms with Crippen LogP contribution >= 0.6 is 0 Å². The molecule has 4 rings (SSSR count). The van der Waals surface area contributed by atoms with E-state index < -0.39 is 5.63 Å². The number of phenols is 1. The summed E-state index contributed by atoms with van der Waals surface area (Å²) in [7, 11) is 3.13. The Morgan fingerprint density at radius 2 is 1.90 bits per heavy atom. The van der Waals surface area contributed by atoms with Crippen molar-refractivity contribution in [2.75, 3.05) is 20.8 Å². The normalized spacial score (nSPS) is 19.0. The molecule has 1 aliphatic rings. The first-order chi connectivity index (χ1) is 14.5. The second-order valence-corrected chi connectivity index (χ2v) is 7.98. The fourth-order valence-electron chi connectivity index (χ4n) is 4.35. The minimum atomic E-state index is -0.441. The Morgan fingerprint density at radius 3 is 2.63 bits per heavy atom. The molecule has 158 valence electrons. The monoisotopic (exact) mass is 410 g/mol. The minimum Gasteiger partial charge on any atom is -0.507 e. The van der Waals surface area contributed by atoms with Crippen molar-refractivity contribution in [2.24, 2.45) is 0 Å². The molecule has 0 radical (unpaired) electrons. The van der Waals surface area contributed by atoms with Gasteiger partial charge in [-0.1, -0.05) is 6.07 Å². The lowest BCUT2D eigenvalue weighted by molar-refractivity contribution is -0.941. The maximum absolute atomic E-state index is 12.9. The van der Waals surface area contributed by atoms with E-state index in [-0.39, 0.29) is 5.75 Å². The number of quaternary nitrogens is 1. The highest BCUT2D eigenvalue weighted by atomic mass is 16.5. The molecule has 0 spiro atoms. The average Bonchev–Trinajstić information content (AvgIpc) is 2.76. The van der Waals surface area contributed by atoms with E-state index in [0.717, 1.165) is 11.9 Å². The second-order valence-electron chi connectivity index (χ2n) is 7.98. The van der Waals surface area contributed by atoms with Crippen molar-refractivity contribution in [1.29, 1.82) is 0 Å². The summed E-state index contributed by atoms with van der Waals surface area (Å²) >= 11 is 0. The average molecular weight is 410 g/mol. The number of nitrogens with one attached hydrogen (secondary N) is 1. The molecule has 1 saturated heterocycles. The maximum atomic E-state index is 12.9. The van der Waals surface area contributed by atoms with Gasteiger partial charge in [0.15, 0.2) is 17.1 Å². The van der Waals surface area contributed by atoms with Crippen LogP contribution in [-0.2, 0) is 6.54 Å². The molecule has 1 unspecified atom stereocenters. The molecule has 1 aromatic heterocycles. The molecule has 2 aromatic carbocycles. The van der Waals surface area contributed by atoms with E-state index in [1.165, 1.54) is 24.2 Å². The summed E-state index contributed by atoms with van der Waals surface area (Å²) in [6, 6.07) is 11.1. The number of ether oxygens (including phenoxy) is 2. The first-order valence-electron chi connectivity index (χ1n) is 10.4. The van der Waals surface area contributed by atoms with E-state index in [9.17, 15) is 9.90 Å². The van der Waals surface area contributed by atoms with Gasteiger partial charge in [-0.2, -0.15) is 0 Å². The number of rotatable bonds is 5. The van der Waals surface area contributed by atoms with Gasteiger partial charge in [0.25, 0.3) is 0 Å². The van der Waals surface area contributed by atoms with E-state index in [4.69, 9.17) is 13.9 Å². The molecule has 6 nitrogen and oxygen atoms in total. The van der Waals surface area contributed by atoms with Crippen LogP contribution in [0.3, 0.4) is 0 Å². The zero-order valence-corrected chi connectivity index (χ0v) is 17.7. The lowest BCUT2D eigenvalue weighted by Crippen LogP contribution is -3.14. The first-order valence-corrected chi connectivity index (χ1v) is 10.4. The predicted octanol–water partition coefficient (Wildman–Crippen LogP) is 3.14. The highest BCUT2D eigenvalue weighted by Crippen LogP contribution is 2.33. The minimum absolute atomic E-state index is 0.176. The van der Waals surface area contributed by atoms with Crippen LogP contribution in [0.5, 0.6) is 17.2 Å². The largest absolute Gasteiger partial charge is 0.507 e. The molecule has 1 fully saturated rings. The third kappa shape index (κ3) is 3.75. The molecule has 1 aliphatic heterocycles. The van der Waals surface area contributed by atoms with Crippen molar-refractivity contribution in [3.05, 3.63) is 52.4 Å². The van der Waals surface area contributed by atoms with Crippen LogP contribution in [0.25, 0.3) is 22.1 Å². The van der Waals surface area contributed by atoms with Crippen LogP contribution in [0.1, 0.15) is 31.7 Å². The summed E-state index contributed by atoms with van der Waals surface area (Å²) in [6.45, 7) is 3.94. The van der Waals surface area contributed by atoms with Gasteiger partial charge in [-0.25, -0.2) is 4.79 Å². The smallest absolute Gasteiger partial charge is 0.344 e. The summed E-state index contributed by atoms with van der Waals surface area (Å²) in [5.41, 5.74) is 1.86. The SMILES string of the molecule is COc1ccc(-c2cc3ccc(O)c(C[NH+]4CCCC[C@H]4C)c3oc2=O)cc1OC. The molecule has 0 amide bonds. The van der Waals surface area contributed by atoms with Crippen molar-refractivity contribution in [1.82, 2.24) is 0 Å². The van der Waals surface area contributed by atoms with Gasteiger partial charge >= 0.3 is 5.63 Å². The van der Waals surface area contributed by atoms with Crippen LogP contribution in [-0.4, -0.2) is 31.9 Å². The molecular weight excluding hydrogens is 382 g/mol. The highest BCUT2D eigenvalue weighted by molar-refractivity contribution is 5.86. The Bertz CT molecular complexity index is 1120. The standard InChI is InChI=1S/C24H27NO5/c1-15-6-4-5-11-25(15)14-19-20(26)9-7-17-12-18(24(27)30-23(17)19)16-8-10-21(28-2)22(13-16)29-3/h7-10,12-13,15,26H,4-6,11,14H2,1-3H3/p+1/t15-/m1/s1. The first kappa shape index (κ1) is 20.3. The zero-order valence-electron chi connectivity index (χ0n) is 17.7. The Labute approximate surface area is 175 Å². The Hall–Kier alpha value is -2.99. The van der Waals surface area contributed by atoms with Crippen molar-refractivity contribution in [2.45, 2.75) is 38.8 Å². The summed E-state index contributed by atoms with van der Waals surface area (Å²) in [5, 5.41) is 11.3. The molecule has 30 heavy (non-hydrogen) atoms. The predicted molar refractivity (Wildman–Crippen MR) is 116 cm³/mol. The lowest BCUT2D eigenvalue weighted by atomic mass is 10.0. The van der Waals surface area contributed by atoms with Gasteiger partial charge in [0.2, 0.25) is 0 Å². The van der Waals surface area contributed by atoms with Crippen LogP contribution in [0.4, 0.5) is 0 Å². The number of hydrogen-bond donors (Lipinski definition) is 2. The van der Waals surface area contributed by atoms with Crippen LogP contribution < -0.4 is 20.0 Å². The number of methoxy groups -OCH3 is 2. The summed E-state index contributed by atoms with van der Waals surface area (Å²) in [6.07, 6.45) is 3.60. The second kappa shape index (κ2) is 8.40. The fraction of sp³-hybridized carbons (Fsp3) is 0.375. The molecule has 0 bridgehead atoms. The van der Waals surface area contributed by atoms with Crippen LogP contribution in [0.2, 0.25) is 0 Å². The van der Waals surface area contributed by atoms with Gasteiger partial charge in [0, 0.05) is 5.39 Å². The van der Waals surface area contributed by atoms with E-state index in [1.54, 1.807) is 44.6 Å². The molecule has 0 aliphatic carbocycles. The highest BCUT2D eigenvalue weighted by Gasteiger charge is 2.25. The van der Waals surface area contributed by atoms with Gasteiger partial charge in [0.05, 0.1) is 37.9 Å². The van der Waals surface area contributed by atoms with E-state index in [2.05, 4.69) is 6.92 Å². The van der Waals surface area contributed by atoms with Crippen LogP contribution in [0.15, 0.2) is 45.6 Å². The number of fused-ring (bicyclic) bond motifs is 1. The molecule has 3 aromatic rings.